The highest BCUT2D eigenvalue weighted by molar-refractivity contribution is 5.52. The van der Waals surface area contributed by atoms with E-state index in [4.69, 9.17) is 10.5 Å². The Morgan fingerprint density at radius 2 is 2.12 bits per heavy atom. The summed E-state index contributed by atoms with van der Waals surface area (Å²) >= 11 is 0. The Morgan fingerprint density at radius 1 is 1.29 bits per heavy atom. The van der Waals surface area contributed by atoms with Crippen LogP contribution in [0.4, 0.5) is 5.82 Å². The van der Waals surface area contributed by atoms with Gasteiger partial charge in [0.2, 0.25) is 0 Å². The quantitative estimate of drug-likeness (QED) is 0.866. The van der Waals surface area contributed by atoms with Gasteiger partial charge in [0.05, 0.1) is 12.3 Å². The summed E-state index contributed by atoms with van der Waals surface area (Å²) in [5.74, 6) is 0.950. The van der Waals surface area contributed by atoms with Gasteiger partial charge in [-0.2, -0.15) is 0 Å². The molecule has 0 atom stereocenters. The molecule has 17 heavy (non-hydrogen) atoms. The van der Waals surface area contributed by atoms with E-state index in [9.17, 15) is 0 Å². The van der Waals surface area contributed by atoms with Crippen LogP contribution in [0.1, 0.15) is 11.3 Å². The number of aromatic nitrogens is 3. The Hall–Kier alpha value is -2.01. The number of pyridine rings is 1. The molecule has 2 aromatic rings. The van der Waals surface area contributed by atoms with Crippen molar-refractivity contribution in [2.45, 2.75) is 13.5 Å². The van der Waals surface area contributed by atoms with Gasteiger partial charge in [0.15, 0.2) is 5.82 Å². The molecule has 0 aliphatic carbocycles. The van der Waals surface area contributed by atoms with Gasteiger partial charge >= 0.3 is 0 Å². The van der Waals surface area contributed by atoms with Crippen molar-refractivity contribution in [2.24, 2.45) is 0 Å². The maximum atomic E-state index is 5.73. The van der Waals surface area contributed by atoms with Crippen LogP contribution in [0, 0.1) is 6.92 Å². The molecular formula is C12H14N4O. The van der Waals surface area contributed by atoms with Crippen LogP contribution in [0.15, 0.2) is 24.4 Å². The summed E-state index contributed by atoms with van der Waals surface area (Å²) in [5.41, 5.74) is 8.30. The van der Waals surface area contributed by atoms with Crippen LogP contribution in [0.2, 0.25) is 0 Å². The minimum atomic E-state index is 0.408. The van der Waals surface area contributed by atoms with Crippen molar-refractivity contribution in [3.8, 4) is 11.5 Å². The van der Waals surface area contributed by atoms with Crippen molar-refractivity contribution >= 4 is 5.82 Å². The fraction of sp³-hybridized carbons (Fsp3) is 0.250. The predicted molar refractivity (Wildman–Crippen MR) is 65.1 cm³/mol. The molecule has 0 unspecified atom stereocenters. The van der Waals surface area contributed by atoms with E-state index in [1.54, 1.807) is 19.4 Å². The fourth-order valence-corrected chi connectivity index (χ4v) is 1.51. The van der Waals surface area contributed by atoms with Crippen LogP contribution >= 0.6 is 0 Å². The minimum Gasteiger partial charge on any atom is -0.384 e. The van der Waals surface area contributed by atoms with E-state index in [1.807, 2.05) is 19.1 Å². The van der Waals surface area contributed by atoms with Crippen LogP contribution in [-0.2, 0) is 11.3 Å². The van der Waals surface area contributed by atoms with Crippen molar-refractivity contribution in [2.75, 3.05) is 12.8 Å². The molecule has 0 spiro atoms. The highest BCUT2D eigenvalue weighted by atomic mass is 16.5. The first-order valence-corrected chi connectivity index (χ1v) is 5.24. The maximum Gasteiger partial charge on any atom is 0.180 e. The Bertz CT molecular complexity index is 528. The third kappa shape index (κ3) is 2.76. The van der Waals surface area contributed by atoms with E-state index in [-0.39, 0.29) is 0 Å². The lowest BCUT2D eigenvalue weighted by Gasteiger charge is -2.05. The molecule has 0 aliphatic heterocycles. The van der Waals surface area contributed by atoms with Gasteiger partial charge in [-0.05, 0) is 24.6 Å². The SMILES string of the molecule is COCc1cc(N)nc(-c2cc(C)ccn2)n1. The summed E-state index contributed by atoms with van der Waals surface area (Å²) in [4.78, 5) is 12.8. The van der Waals surface area contributed by atoms with Crippen LogP contribution in [0.25, 0.3) is 11.5 Å². The average Bonchev–Trinajstić information content (AvgIpc) is 2.28. The molecule has 0 amide bonds. The van der Waals surface area contributed by atoms with Crippen molar-refractivity contribution in [3.05, 3.63) is 35.7 Å². The van der Waals surface area contributed by atoms with Gasteiger partial charge in [-0.1, -0.05) is 0 Å². The van der Waals surface area contributed by atoms with Gasteiger partial charge in [0, 0.05) is 19.4 Å². The van der Waals surface area contributed by atoms with Gasteiger partial charge in [-0.15, -0.1) is 0 Å². The first-order valence-electron chi connectivity index (χ1n) is 5.24. The van der Waals surface area contributed by atoms with E-state index in [1.165, 1.54) is 0 Å². The smallest absolute Gasteiger partial charge is 0.180 e. The molecule has 5 heteroatoms. The van der Waals surface area contributed by atoms with Crippen LogP contribution in [-0.4, -0.2) is 22.1 Å². The molecule has 2 N–H and O–H groups in total. The summed E-state index contributed by atoms with van der Waals surface area (Å²) in [6.45, 7) is 2.40. The zero-order valence-corrected chi connectivity index (χ0v) is 9.84. The highest BCUT2D eigenvalue weighted by Gasteiger charge is 2.06. The van der Waals surface area contributed by atoms with E-state index in [0.29, 0.717) is 18.2 Å². The number of nitrogens with two attached hydrogens (primary N) is 1. The third-order valence-corrected chi connectivity index (χ3v) is 2.24. The standard InChI is InChI=1S/C12H14N4O/c1-8-3-4-14-10(5-8)12-15-9(7-17-2)6-11(13)16-12/h3-6H,7H2,1-2H3,(H2,13,15,16). The zero-order valence-electron chi connectivity index (χ0n) is 9.84. The lowest BCUT2D eigenvalue weighted by molar-refractivity contribution is 0.181. The van der Waals surface area contributed by atoms with E-state index >= 15 is 0 Å². The van der Waals surface area contributed by atoms with Gasteiger partial charge in [-0.25, -0.2) is 9.97 Å². The predicted octanol–water partition coefficient (Wildman–Crippen LogP) is 1.58. The Balaban J connectivity index is 2.44. The van der Waals surface area contributed by atoms with Crippen molar-refractivity contribution in [3.63, 3.8) is 0 Å². The first-order chi connectivity index (χ1) is 8.19. The van der Waals surface area contributed by atoms with Gasteiger partial charge in [0.1, 0.15) is 11.5 Å². The van der Waals surface area contributed by atoms with Crippen molar-refractivity contribution < 1.29 is 4.74 Å². The lowest BCUT2D eigenvalue weighted by atomic mass is 10.2. The summed E-state index contributed by atoms with van der Waals surface area (Å²) in [6, 6.07) is 5.54. The maximum absolute atomic E-state index is 5.73. The Kier molecular flexibility index (Phi) is 3.30. The molecule has 0 saturated carbocycles. The summed E-state index contributed by atoms with van der Waals surface area (Å²) in [7, 11) is 1.61. The molecule has 2 heterocycles. The second-order valence-electron chi connectivity index (χ2n) is 3.76. The number of aryl methyl sites for hydroxylation is 1. The van der Waals surface area contributed by atoms with Crippen LogP contribution in [0.3, 0.4) is 0 Å². The third-order valence-electron chi connectivity index (χ3n) is 2.24. The number of ether oxygens (including phenoxy) is 1. The minimum absolute atomic E-state index is 0.408. The molecule has 0 aromatic carbocycles. The van der Waals surface area contributed by atoms with Crippen molar-refractivity contribution in [1.29, 1.82) is 0 Å². The molecule has 0 radical (unpaired) electrons. The number of hydrogen-bond acceptors (Lipinski definition) is 5. The van der Waals surface area contributed by atoms with E-state index in [2.05, 4.69) is 15.0 Å². The summed E-state index contributed by atoms with van der Waals surface area (Å²) in [5, 5.41) is 0. The molecule has 0 fully saturated rings. The number of anilines is 1. The molecule has 0 bridgehead atoms. The molecule has 2 rings (SSSR count). The Morgan fingerprint density at radius 3 is 2.82 bits per heavy atom. The fourth-order valence-electron chi connectivity index (χ4n) is 1.51. The zero-order chi connectivity index (χ0) is 12.3. The number of nitrogens with zero attached hydrogens (tertiary/aromatic N) is 3. The topological polar surface area (TPSA) is 73.9 Å². The van der Waals surface area contributed by atoms with Gasteiger partial charge in [-0.3, -0.25) is 4.98 Å². The average molecular weight is 230 g/mol. The molecule has 5 nitrogen and oxygen atoms in total. The van der Waals surface area contributed by atoms with Gasteiger partial charge in [0.25, 0.3) is 0 Å². The normalized spacial score (nSPS) is 10.5. The molecule has 0 saturated heterocycles. The second-order valence-corrected chi connectivity index (χ2v) is 3.76. The summed E-state index contributed by atoms with van der Waals surface area (Å²) < 4.78 is 5.03. The number of hydrogen-bond donors (Lipinski definition) is 1. The number of methoxy groups -OCH3 is 1. The highest BCUT2D eigenvalue weighted by Crippen LogP contribution is 2.15. The lowest BCUT2D eigenvalue weighted by Crippen LogP contribution is -2.02. The van der Waals surface area contributed by atoms with Crippen LogP contribution < -0.4 is 5.73 Å². The Labute approximate surface area is 99.7 Å². The van der Waals surface area contributed by atoms with E-state index in [0.717, 1.165) is 17.0 Å². The van der Waals surface area contributed by atoms with Crippen LogP contribution in [0.5, 0.6) is 0 Å². The second kappa shape index (κ2) is 4.88. The number of rotatable bonds is 3. The van der Waals surface area contributed by atoms with Gasteiger partial charge < -0.3 is 10.5 Å². The molecule has 88 valence electrons. The molecule has 0 aliphatic rings. The monoisotopic (exact) mass is 230 g/mol. The summed E-state index contributed by atoms with van der Waals surface area (Å²) in [6.07, 6.45) is 1.73. The van der Waals surface area contributed by atoms with E-state index < -0.39 is 0 Å². The molecular weight excluding hydrogens is 216 g/mol. The molecule has 2 aromatic heterocycles. The van der Waals surface area contributed by atoms with Crippen molar-refractivity contribution in [1.82, 2.24) is 15.0 Å². The number of nitrogen functional groups attached to an aromatic ring is 1. The first kappa shape index (κ1) is 11.5. The largest absolute Gasteiger partial charge is 0.384 e.